The van der Waals surface area contributed by atoms with Crippen molar-refractivity contribution in [3.05, 3.63) is 60.8 Å². The number of unbranched alkanes of at least 4 members (excludes halogenated alkanes) is 47. The number of aliphatic hydroxyl groups is 1. The Balaban J connectivity index is 3.97. The van der Waals surface area contributed by atoms with Gasteiger partial charge in [0, 0.05) is 6.42 Å². The zero-order chi connectivity index (χ0) is 62.6. The van der Waals surface area contributed by atoms with E-state index in [1.165, 1.54) is 276 Å². The lowest BCUT2D eigenvalue weighted by atomic mass is 10.0. The highest BCUT2D eigenvalue weighted by molar-refractivity contribution is 7.47. The maximum atomic E-state index is 13.1. The van der Waals surface area contributed by atoms with Crippen molar-refractivity contribution in [1.29, 1.82) is 0 Å². The normalized spacial score (nSPS) is 13.9. The number of quaternary nitrogens is 1. The lowest BCUT2D eigenvalue weighted by molar-refractivity contribution is -0.870. The zero-order valence-electron chi connectivity index (χ0n) is 58.1. The Morgan fingerprint density at radius 3 is 1.02 bits per heavy atom. The first-order chi connectivity index (χ1) is 42.0. The van der Waals surface area contributed by atoms with Gasteiger partial charge in [-0.05, 0) is 57.8 Å². The first-order valence-corrected chi connectivity index (χ1v) is 39.1. The minimum Gasteiger partial charge on any atom is -0.391 e. The van der Waals surface area contributed by atoms with Crippen LogP contribution in [0.25, 0.3) is 0 Å². The Labute approximate surface area is 536 Å². The molecule has 3 N–H and O–H groups in total. The smallest absolute Gasteiger partial charge is 0.391 e. The summed E-state index contributed by atoms with van der Waals surface area (Å²) >= 11 is 0. The number of rotatable bonds is 70. The molecule has 0 bridgehead atoms. The number of hydrogen-bond acceptors (Lipinski definition) is 5. The largest absolute Gasteiger partial charge is 0.472 e. The summed E-state index contributed by atoms with van der Waals surface area (Å²) in [6, 6.07) is -0.763. The molecule has 0 aromatic carbocycles. The van der Waals surface area contributed by atoms with Gasteiger partial charge in [0.05, 0.1) is 39.9 Å². The molecule has 0 saturated carbocycles. The highest BCUT2D eigenvalue weighted by Crippen LogP contribution is 2.43. The Morgan fingerprint density at radius 2 is 0.698 bits per heavy atom. The van der Waals surface area contributed by atoms with Gasteiger partial charge in [-0.1, -0.05) is 370 Å². The molecule has 86 heavy (non-hydrogen) atoms. The van der Waals surface area contributed by atoms with E-state index in [-0.39, 0.29) is 19.1 Å². The van der Waals surface area contributed by atoms with Crippen LogP contribution in [0, 0.1) is 0 Å². The predicted octanol–water partition coefficient (Wildman–Crippen LogP) is 24.3. The van der Waals surface area contributed by atoms with Crippen molar-refractivity contribution < 1.29 is 32.9 Å². The van der Waals surface area contributed by atoms with E-state index in [9.17, 15) is 19.4 Å². The number of likely N-dealkylation sites (N-methyl/N-ethyl adjacent to an activating group) is 1. The van der Waals surface area contributed by atoms with Gasteiger partial charge < -0.3 is 19.8 Å². The van der Waals surface area contributed by atoms with Gasteiger partial charge in [-0.15, -0.1) is 0 Å². The van der Waals surface area contributed by atoms with Crippen LogP contribution in [-0.2, 0) is 18.4 Å². The number of allylic oxidation sites excluding steroid dienone is 10. The summed E-state index contributed by atoms with van der Waals surface area (Å²) in [4.78, 5) is 23.5. The minimum atomic E-state index is -4.33. The Morgan fingerprint density at radius 1 is 0.407 bits per heavy atom. The van der Waals surface area contributed by atoms with Crippen LogP contribution in [0.4, 0.5) is 0 Å². The molecule has 0 aliphatic rings. The molecule has 0 aliphatic heterocycles. The fourth-order valence-electron chi connectivity index (χ4n) is 11.5. The average Bonchev–Trinajstić information content (AvgIpc) is 3.70. The molecular weight excluding hydrogens is 1080 g/mol. The third-order valence-electron chi connectivity index (χ3n) is 17.3. The van der Waals surface area contributed by atoms with E-state index in [1.54, 1.807) is 0 Å². The molecule has 506 valence electrons. The third kappa shape index (κ3) is 69.7. The predicted molar refractivity (Wildman–Crippen MR) is 378 cm³/mol. The number of hydrogen-bond donors (Lipinski definition) is 3. The van der Waals surface area contributed by atoms with Gasteiger partial charge in [-0.3, -0.25) is 13.8 Å². The van der Waals surface area contributed by atoms with Crippen LogP contribution >= 0.6 is 7.82 Å². The molecule has 0 saturated heterocycles. The van der Waals surface area contributed by atoms with Gasteiger partial charge >= 0.3 is 7.82 Å². The summed E-state index contributed by atoms with van der Waals surface area (Å²) in [7, 11) is 1.63. The van der Waals surface area contributed by atoms with Crippen LogP contribution in [0.5, 0.6) is 0 Å². The van der Waals surface area contributed by atoms with Crippen molar-refractivity contribution in [2.75, 3.05) is 40.9 Å². The maximum absolute atomic E-state index is 13.1. The number of nitrogens with one attached hydrogen (secondary N) is 1. The van der Waals surface area contributed by atoms with Crippen LogP contribution in [0.2, 0.25) is 0 Å². The summed E-state index contributed by atoms with van der Waals surface area (Å²) in [6.45, 7) is 4.83. The molecule has 0 heterocycles. The van der Waals surface area contributed by atoms with Gasteiger partial charge in [0.15, 0.2) is 0 Å². The summed E-state index contributed by atoms with van der Waals surface area (Å²) in [6.07, 6.45) is 93.4. The van der Waals surface area contributed by atoms with Crippen LogP contribution in [0.1, 0.15) is 373 Å². The Kier molecular flexibility index (Phi) is 66.2. The second-order valence-corrected chi connectivity index (χ2v) is 28.5. The van der Waals surface area contributed by atoms with Crippen molar-refractivity contribution in [2.24, 2.45) is 0 Å². The molecule has 0 aromatic rings. The molecule has 0 fully saturated rings. The summed E-state index contributed by atoms with van der Waals surface area (Å²) in [5.41, 5.74) is 0. The number of phosphoric ester groups is 1. The lowest BCUT2D eigenvalue weighted by Gasteiger charge is -2.26. The van der Waals surface area contributed by atoms with E-state index >= 15 is 0 Å². The minimum absolute atomic E-state index is 0.0757. The fraction of sp³-hybridized carbons (Fsp3) is 0.857. The molecular formula is C77H148N2O6P+. The van der Waals surface area contributed by atoms with Crippen LogP contribution in [0.15, 0.2) is 60.8 Å². The van der Waals surface area contributed by atoms with E-state index in [1.807, 2.05) is 21.1 Å². The number of phosphoric acid groups is 1. The second kappa shape index (κ2) is 67.6. The second-order valence-electron chi connectivity index (χ2n) is 27.0. The summed E-state index contributed by atoms with van der Waals surface area (Å²) in [5.74, 6) is -0.138. The van der Waals surface area contributed by atoms with E-state index in [0.29, 0.717) is 23.9 Å². The molecule has 0 rings (SSSR count). The van der Waals surface area contributed by atoms with E-state index in [4.69, 9.17) is 9.05 Å². The topological polar surface area (TPSA) is 105 Å². The molecule has 9 heteroatoms. The number of carbonyl (C=O) groups excluding carboxylic acids is 1. The molecule has 3 atom stereocenters. The summed E-state index contributed by atoms with van der Waals surface area (Å²) in [5, 5.41) is 14.2. The standard InChI is InChI=1S/C77H147N2O6P/c1-6-8-10-12-14-16-18-20-22-24-26-28-30-32-34-36-37-38-39-40-41-43-45-47-49-51-53-55-57-59-61-63-65-67-69-71-77(81)78-75(74-85-86(82,83)84-73-72-79(3,4)5)76(80)70-68-66-64-62-60-58-56-54-52-50-48-46-44-42-35-33-31-29-27-25-23-21-19-17-15-13-11-9-7-2/h8,10,14,16,20,22,26,28,32,34,75-76,80H,6-7,9,11-13,15,17-19,21,23-25,27,29-31,33,35-74H2,1-5H3,(H-,78,81,82,83)/p+1/b10-8-,16-14-,22-20-,28-26-,34-32-. The Bertz CT molecular complexity index is 1590. The van der Waals surface area contributed by atoms with Gasteiger partial charge in [0.25, 0.3) is 0 Å². The lowest BCUT2D eigenvalue weighted by Crippen LogP contribution is -2.46. The quantitative estimate of drug-likeness (QED) is 0.0243. The highest BCUT2D eigenvalue weighted by atomic mass is 31.2. The van der Waals surface area contributed by atoms with Gasteiger partial charge in [-0.2, -0.15) is 0 Å². The van der Waals surface area contributed by atoms with Crippen molar-refractivity contribution in [1.82, 2.24) is 5.32 Å². The molecule has 0 aliphatic carbocycles. The molecule has 0 aromatic heterocycles. The Hall–Kier alpha value is -1.80. The van der Waals surface area contributed by atoms with Gasteiger partial charge in [-0.25, -0.2) is 4.57 Å². The van der Waals surface area contributed by atoms with Gasteiger partial charge in [0.1, 0.15) is 13.2 Å². The van der Waals surface area contributed by atoms with Crippen LogP contribution < -0.4 is 5.32 Å². The van der Waals surface area contributed by atoms with Gasteiger partial charge in [0.2, 0.25) is 5.91 Å². The number of carbonyl (C=O) groups is 1. The molecule has 0 radical (unpaired) electrons. The SMILES string of the molecule is CC/C=C\C/C=C\C/C=C\C/C=C\C/C=C\CCCCCCCCCCCCCCCCCCCCCC(=O)NC(COP(=O)(O)OCC[N+](C)(C)C)C(O)CCCCCCCCCCCCCCCCCCCCCCCCCCCCCCC. The fourth-order valence-corrected chi connectivity index (χ4v) is 12.2. The molecule has 8 nitrogen and oxygen atoms in total. The monoisotopic (exact) mass is 1230 g/mol. The highest BCUT2D eigenvalue weighted by Gasteiger charge is 2.28. The average molecular weight is 1230 g/mol. The number of amides is 1. The van der Waals surface area contributed by atoms with Crippen molar-refractivity contribution in [2.45, 2.75) is 386 Å². The van der Waals surface area contributed by atoms with Crippen LogP contribution in [0.3, 0.4) is 0 Å². The van der Waals surface area contributed by atoms with E-state index < -0.39 is 20.0 Å². The number of aliphatic hydroxyl groups excluding tert-OH is 1. The van der Waals surface area contributed by atoms with E-state index in [2.05, 4.69) is 79.9 Å². The van der Waals surface area contributed by atoms with Crippen LogP contribution in [-0.4, -0.2) is 73.4 Å². The summed E-state index contributed by atoms with van der Waals surface area (Å²) < 4.78 is 23.9. The molecule has 3 unspecified atom stereocenters. The first-order valence-electron chi connectivity index (χ1n) is 37.7. The van der Waals surface area contributed by atoms with E-state index in [0.717, 1.165) is 70.6 Å². The van der Waals surface area contributed by atoms with Crippen molar-refractivity contribution in [3.63, 3.8) is 0 Å². The number of nitrogens with zero attached hydrogens (tertiary/aromatic N) is 1. The maximum Gasteiger partial charge on any atom is 0.472 e. The molecule has 0 spiro atoms. The third-order valence-corrected chi connectivity index (χ3v) is 18.3. The van der Waals surface area contributed by atoms with Crippen molar-refractivity contribution in [3.8, 4) is 0 Å². The zero-order valence-corrected chi connectivity index (χ0v) is 59.0. The first kappa shape index (κ1) is 84.2. The van der Waals surface area contributed by atoms with Crippen molar-refractivity contribution >= 4 is 13.7 Å². The molecule has 1 amide bonds.